The summed E-state index contributed by atoms with van der Waals surface area (Å²) in [6.45, 7) is 21.4. The van der Waals surface area contributed by atoms with Crippen LogP contribution in [0, 0.1) is 51.8 Å². The van der Waals surface area contributed by atoms with Crippen LogP contribution in [0.2, 0.25) is 0 Å². The summed E-state index contributed by atoms with van der Waals surface area (Å²) in [6, 6.07) is 0. The van der Waals surface area contributed by atoms with Crippen molar-refractivity contribution >= 4 is 0 Å². The largest absolute Gasteiger partial charge is 0.0625 e. The Bertz CT molecular complexity index is 536. The average molecular weight is 431 g/mol. The topological polar surface area (TPSA) is 0 Å². The van der Waals surface area contributed by atoms with E-state index in [1.54, 1.807) is 0 Å². The molecule has 0 radical (unpaired) electrons. The van der Waals surface area contributed by atoms with E-state index in [0.29, 0.717) is 16.2 Å². The van der Waals surface area contributed by atoms with Crippen molar-refractivity contribution in [2.75, 3.05) is 0 Å². The Balaban J connectivity index is 1.92. The first-order chi connectivity index (χ1) is 14.5. The van der Waals surface area contributed by atoms with E-state index in [1.165, 1.54) is 89.9 Å². The molecule has 3 aliphatic carbocycles. The van der Waals surface area contributed by atoms with E-state index >= 15 is 0 Å². The molecule has 0 heterocycles. The van der Waals surface area contributed by atoms with Crippen molar-refractivity contribution in [2.45, 2.75) is 145 Å². The average Bonchev–Trinajstić information content (AvgIpc) is 2.79. The molecule has 0 aromatic rings. The second kappa shape index (κ2) is 10.1. The van der Waals surface area contributed by atoms with Gasteiger partial charge in [-0.3, -0.25) is 0 Å². The molecule has 3 unspecified atom stereocenters. The summed E-state index contributed by atoms with van der Waals surface area (Å²) in [5, 5.41) is 0. The lowest BCUT2D eigenvalue weighted by Gasteiger charge is -2.60. The smallest absolute Gasteiger partial charge is 0.0236 e. The van der Waals surface area contributed by atoms with Gasteiger partial charge >= 0.3 is 0 Å². The molecule has 0 amide bonds. The number of hydrogen-bond acceptors (Lipinski definition) is 0. The highest BCUT2D eigenvalue weighted by Crippen LogP contribution is 2.62. The Morgan fingerprint density at radius 2 is 0.839 bits per heavy atom. The van der Waals surface area contributed by atoms with Gasteiger partial charge in [0.1, 0.15) is 0 Å². The van der Waals surface area contributed by atoms with Crippen LogP contribution in [0.15, 0.2) is 0 Å². The highest BCUT2D eigenvalue weighted by Gasteiger charge is 2.55. The Morgan fingerprint density at radius 3 is 1.26 bits per heavy atom. The van der Waals surface area contributed by atoms with E-state index in [9.17, 15) is 0 Å². The zero-order valence-electron chi connectivity index (χ0n) is 22.9. The number of hydrogen-bond donors (Lipinski definition) is 0. The van der Waals surface area contributed by atoms with Gasteiger partial charge in [0.05, 0.1) is 0 Å². The van der Waals surface area contributed by atoms with Crippen molar-refractivity contribution in [2.24, 2.45) is 51.8 Å². The zero-order chi connectivity index (χ0) is 22.9. The first-order valence-electron chi connectivity index (χ1n) is 14.5. The molecule has 0 N–H and O–H groups in total. The van der Waals surface area contributed by atoms with E-state index in [-0.39, 0.29) is 0 Å². The fourth-order valence-corrected chi connectivity index (χ4v) is 8.97. The molecular weight excluding hydrogens is 372 g/mol. The van der Waals surface area contributed by atoms with Crippen molar-refractivity contribution in [1.82, 2.24) is 0 Å². The van der Waals surface area contributed by atoms with Crippen LogP contribution < -0.4 is 0 Å². The molecular formula is C31H58. The summed E-state index contributed by atoms with van der Waals surface area (Å²) >= 11 is 0. The van der Waals surface area contributed by atoms with Gasteiger partial charge < -0.3 is 0 Å². The molecule has 0 bridgehead atoms. The Morgan fingerprint density at radius 1 is 0.484 bits per heavy atom. The van der Waals surface area contributed by atoms with Gasteiger partial charge in [-0.05, 0) is 90.3 Å². The molecule has 182 valence electrons. The third-order valence-corrected chi connectivity index (χ3v) is 12.3. The molecule has 3 atom stereocenters. The van der Waals surface area contributed by atoms with Gasteiger partial charge in [0.2, 0.25) is 0 Å². The third kappa shape index (κ3) is 5.09. The van der Waals surface area contributed by atoms with Gasteiger partial charge in [0, 0.05) is 0 Å². The SMILES string of the molecule is CC1CCC(C(C)(C)C(C)C(C)(C2CCCCC2)C(C)C(C)(C)C2CCCCC2)CC1. The van der Waals surface area contributed by atoms with Crippen molar-refractivity contribution < 1.29 is 0 Å². The highest BCUT2D eigenvalue weighted by molar-refractivity contribution is 5.03. The Kier molecular flexibility index (Phi) is 8.34. The fraction of sp³-hybridized carbons (Fsp3) is 1.00. The highest BCUT2D eigenvalue weighted by atomic mass is 14.6. The van der Waals surface area contributed by atoms with Gasteiger partial charge in [-0.2, -0.15) is 0 Å². The van der Waals surface area contributed by atoms with Crippen LogP contribution in [-0.2, 0) is 0 Å². The Hall–Kier alpha value is 0. The molecule has 3 aliphatic rings. The molecule has 0 heteroatoms. The molecule has 0 aromatic carbocycles. The van der Waals surface area contributed by atoms with Gasteiger partial charge in [-0.1, -0.05) is 107 Å². The molecule has 0 aromatic heterocycles. The van der Waals surface area contributed by atoms with Gasteiger partial charge in [-0.25, -0.2) is 0 Å². The van der Waals surface area contributed by atoms with Crippen LogP contribution in [-0.4, -0.2) is 0 Å². The minimum absolute atomic E-state index is 0.448. The monoisotopic (exact) mass is 430 g/mol. The summed E-state index contributed by atoms with van der Waals surface area (Å²) in [4.78, 5) is 0. The lowest BCUT2D eigenvalue weighted by molar-refractivity contribution is -0.115. The summed E-state index contributed by atoms with van der Waals surface area (Å²) < 4.78 is 0. The van der Waals surface area contributed by atoms with E-state index in [0.717, 1.165) is 35.5 Å². The van der Waals surface area contributed by atoms with Crippen LogP contribution in [0.5, 0.6) is 0 Å². The van der Waals surface area contributed by atoms with Gasteiger partial charge in [-0.15, -0.1) is 0 Å². The maximum Gasteiger partial charge on any atom is -0.0236 e. The van der Waals surface area contributed by atoms with Crippen LogP contribution in [0.3, 0.4) is 0 Å². The van der Waals surface area contributed by atoms with E-state index in [2.05, 4.69) is 55.4 Å². The first kappa shape index (κ1) is 25.6. The quantitative estimate of drug-likeness (QED) is 0.376. The second-order valence-corrected chi connectivity index (χ2v) is 14.1. The van der Waals surface area contributed by atoms with Crippen molar-refractivity contribution in [3.8, 4) is 0 Å². The molecule has 0 nitrogen and oxygen atoms in total. The summed E-state index contributed by atoms with van der Waals surface area (Å²) in [5.74, 6) is 5.33. The van der Waals surface area contributed by atoms with E-state index in [4.69, 9.17) is 0 Å². The predicted octanol–water partition coefficient (Wildman–Crippen LogP) is 10.3. The molecule has 31 heavy (non-hydrogen) atoms. The van der Waals surface area contributed by atoms with Gasteiger partial charge in [0.25, 0.3) is 0 Å². The second-order valence-electron chi connectivity index (χ2n) is 14.1. The molecule has 3 fully saturated rings. The van der Waals surface area contributed by atoms with Crippen molar-refractivity contribution in [3.05, 3.63) is 0 Å². The molecule has 0 aliphatic heterocycles. The fourth-order valence-electron chi connectivity index (χ4n) is 8.97. The zero-order valence-corrected chi connectivity index (χ0v) is 22.9. The van der Waals surface area contributed by atoms with Crippen LogP contribution in [0.4, 0.5) is 0 Å². The van der Waals surface area contributed by atoms with Crippen LogP contribution in [0.1, 0.15) is 145 Å². The van der Waals surface area contributed by atoms with Crippen LogP contribution >= 0.6 is 0 Å². The first-order valence-corrected chi connectivity index (χ1v) is 14.5. The summed E-state index contributed by atoms with van der Waals surface area (Å²) in [7, 11) is 0. The standard InChI is InChI=1S/C31H58/c1-23-19-21-27(22-20-23)30(6,7)25(3)31(8,28-17-13-10-14-18-28)24(2)29(4,5)26-15-11-9-12-16-26/h23-28H,9-22H2,1-8H3. The lowest BCUT2D eigenvalue weighted by atomic mass is 9.45. The molecule has 0 spiro atoms. The number of rotatable bonds is 7. The minimum atomic E-state index is 0.448. The van der Waals surface area contributed by atoms with Crippen molar-refractivity contribution in [3.63, 3.8) is 0 Å². The predicted molar refractivity (Wildman–Crippen MR) is 138 cm³/mol. The van der Waals surface area contributed by atoms with Crippen molar-refractivity contribution in [1.29, 1.82) is 0 Å². The summed E-state index contributed by atoms with van der Waals surface area (Å²) in [6.07, 6.45) is 20.7. The minimum Gasteiger partial charge on any atom is -0.0625 e. The van der Waals surface area contributed by atoms with Crippen LogP contribution in [0.25, 0.3) is 0 Å². The third-order valence-electron chi connectivity index (χ3n) is 12.3. The molecule has 0 saturated heterocycles. The maximum absolute atomic E-state index is 2.79. The normalized spacial score (nSPS) is 31.7. The Labute approximate surface area is 197 Å². The van der Waals surface area contributed by atoms with E-state index < -0.39 is 0 Å². The lowest BCUT2D eigenvalue weighted by Crippen LogP contribution is -2.53. The maximum atomic E-state index is 2.79. The van der Waals surface area contributed by atoms with E-state index in [1.807, 2.05) is 0 Å². The summed E-state index contributed by atoms with van der Waals surface area (Å²) in [5.41, 5.74) is 1.36. The van der Waals surface area contributed by atoms with Gasteiger partial charge in [0.15, 0.2) is 0 Å². The molecule has 3 rings (SSSR count). The molecule has 3 saturated carbocycles.